The number of sulfone groups is 1. The fraction of sp³-hybridized carbons (Fsp3) is 0.588. The molecule has 1 amide bonds. The summed E-state index contributed by atoms with van der Waals surface area (Å²) in [7, 11) is -3.38. The van der Waals surface area contributed by atoms with Gasteiger partial charge in [-0.3, -0.25) is 0 Å². The van der Waals surface area contributed by atoms with Crippen molar-refractivity contribution in [2.75, 3.05) is 12.3 Å². The lowest BCUT2D eigenvalue weighted by Crippen LogP contribution is -2.49. The molecule has 1 aromatic rings. The molecule has 1 aliphatic carbocycles. The molecule has 0 spiro atoms. The van der Waals surface area contributed by atoms with E-state index in [0.717, 1.165) is 5.56 Å². The lowest BCUT2D eigenvalue weighted by Gasteiger charge is -2.24. The van der Waals surface area contributed by atoms with Crippen LogP contribution in [0.1, 0.15) is 39.2 Å². The van der Waals surface area contributed by atoms with Gasteiger partial charge in [0.25, 0.3) is 0 Å². The van der Waals surface area contributed by atoms with E-state index < -0.39 is 32.3 Å². The first-order valence-electron chi connectivity index (χ1n) is 8.05. The third-order valence-corrected chi connectivity index (χ3v) is 6.55. The van der Waals surface area contributed by atoms with Gasteiger partial charge >= 0.3 is 6.09 Å². The molecule has 0 unspecified atom stereocenters. The molecule has 2 rings (SSSR count). The highest BCUT2D eigenvalue weighted by Gasteiger charge is 2.71. The number of hydrogen-bond acceptors (Lipinski definition) is 5. The molecular formula is C17H26N2O4S. The first-order valence-corrected chi connectivity index (χ1v) is 9.76. The van der Waals surface area contributed by atoms with Crippen molar-refractivity contribution in [2.45, 2.75) is 50.0 Å². The Balaban J connectivity index is 2.36. The highest BCUT2D eigenvalue weighted by atomic mass is 32.2. The number of carbonyl (C=O) groups is 1. The molecule has 1 aromatic carbocycles. The van der Waals surface area contributed by atoms with Gasteiger partial charge in [0, 0.05) is 18.2 Å². The maximum absolute atomic E-state index is 12.5. The number of carbonyl (C=O) groups excluding carboxylic acids is 1. The van der Waals surface area contributed by atoms with E-state index in [4.69, 9.17) is 10.5 Å². The monoisotopic (exact) mass is 354 g/mol. The van der Waals surface area contributed by atoms with E-state index in [1.807, 2.05) is 30.3 Å². The minimum Gasteiger partial charge on any atom is -0.444 e. The summed E-state index contributed by atoms with van der Waals surface area (Å²) in [5.74, 6) is -0.375. The van der Waals surface area contributed by atoms with Crippen LogP contribution in [0.15, 0.2) is 30.3 Å². The topological polar surface area (TPSA) is 98.5 Å². The summed E-state index contributed by atoms with van der Waals surface area (Å²) in [6.45, 7) is 6.89. The number of rotatable bonds is 5. The van der Waals surface area contributed by atoms with E-state index in [-0.39, 0.29) is 18.2 Å². The molecule has 0 aliphatic heterocycles. The molecule has 0 radical (unpaired) electrons. The van der Waals surface area contributed by atoms with Gasteiger partial charge in [0.05, 0.1) is 10.8 Å². The SMILES string of the molecule is CCS(=O)(=O)[C@@H]1[C@H](c2ccccc2)[C@@]1(CN)NC(=O)OC(C)(C)C. The van der Waals surface area contributed by atoms with E-state index >= 15 is 0 Å². The minimum absolute atomic E-state index is 0.00124. The molecule has 7 heteroatoms. The number of ether oxygens (including phenoxy) is 1. The summed E-state index contributed by atoms with van der Waals surface area (Å²) in [4.78, 5) is 12.2. The molecular weight excluding hydrogens is 328 g/mol. The van der Waals surface area contributed by atoms with Crippen molar-refractivity contribution in [1.29, 1.82) is 0 Å². The van der Waals surface area contributed by atoms with Crippen LogP contribution in [0.5, 0.6) is 0 Å². The van der Waals surface area contributed by atoms with E-state index in [1.165, 1.54) is 0 Å². The Labute approximate surface area is 143 Å². The van der Waals surface area contributed by atoms with Gasteiger partial charge in [-0.05, 0) is 26.3 Å². The van der Waals surface area contributed by atoms with Gasteiger partial charge in [0.2, 0.25) is 0 Å². The summed E-state index contributed by atoms with van der Waals surface area (Å²) in [5.41, 5.74) is 5.06. The van der Waals surface area contributed by atoms with E-state index in [0.29, 0.717) is 0 Å². The average Bonchev–Trinajstić information content (AvgIpc) is 3.16. The van der Waals surface area contributed by atoms with Crippen LogP contribution in [0.2, 0.25) is 0 Å². The molecule has 0 aromatic heterocycles. The van der Waals surface area contributed by atoms with Gasteiger partial charge in [-0.2, -0.15) is 0 Å². The number of nitrogens with one attached hydrogen (secondary N) is 1. The Morgan fingerprint density at radius 3 is 2.33 bits per heavy atom. The summed E-state index contributed by atoms with van der Waals surface area (Å²) in [5, 5.41) is 2.01. The number of alkyl carbamates (subject to hydrolysis) is 1. The normalized spacial score (nSPS) is 26.7. The molecule has 1 saturated carbocycles. The Bertz CT molecular complexity index is 697. The van der Waals surface area contributed by atoms with Crippen LogP contribution in [-0.4, -0.2) is 43.2 Å². The van der Waals surface area contributed by atoms with Crippen molar-refractivity contribution in [3.8, 4) is 0 Å². The fourth-order valence-electron chi connectivity index (χ4n) is 3.18. The summed E-state index contributed by atoms with van der Waals surface area (Å²) in [6.07, 6.45) is -0.650. The predicted octanol–water partition coefficient (Wildman–Crippen LogP) is 1.81. The Kier molecular flexibility index (Phi) is 4.97. The lowest BCUT2D eigenvalue weighted by molar-refractivity contribution is 0.0497. The number of hydrogen-bond donors (Lipinski definition) is 2. The van der Waals surface area contributed by atoms with Crippen LogP contribution in [0.3, 0.4) is 0 Å². The van der Waals surface area contributed by atoms with Crippen molar-refractivity contribution in [3.05, 3.63) is 35.9 Å². The van der Waals surface area contributed by atoms with Gasteiger partial charge < -0.3 is 15.8 Å². The second-order valence-electron chi connectivity index (χ2n) is 7.13. The number of benzene rings is 1. The van der Waals surface area contributed by atoms with Crippen LogP contribution < -0.4 is 11.1 Å². The summed E-state index contributed by atoms with van der Waals surface area (Å²) in [6, 6.07) is 9.27. The zero-order chi connectivity index (χ0) is 18.2. The largest absolute Gasteiger partial charge is 0.444 e. The van der Waals surface area contributed by atoms with E-state index in [2.05, 4.69) is 5.32 Å². The smallest absolute Gasteiger partial charge is 0.408 e. The fourth-order valence-corrected chi connectivity index (χ4v) is 5.22. The zero-order valence-corrected chi connectivity index (χ0v) is 15.4. The molecule has 134 valence electrons. The van der Waals surface area contributed by atoms with Gasteiger partial charge in [0.1, 0.15) is 5.60 Å². The maximum Gasteiger partial charge on any atom is 0.408 e. The standard InChI is InChI=1S/C17H26N2O4S/c1-5-24(21,22)14-13(12-9-7-6-8-10-12)17(14,11-18)19-15(20)23-16(2,3)4/h6-10,13-14H,5,11,18H2,1-4H3,(H,19,20)/t13-,14+,17+/m0/s1. The maximum atomic E-state index is 12.5. The van der Waals surface area contributed by atoms with Crippen molar-refractivity contribution in [1.82, 2.24) is 5.32 Å². The minimum atomic E-state index is -3.38. The van der Waals surface area contributed by atoms with Gasteiger partial charge in [-0.15, -0.1) is 0 Å². The van der Waals surface area contributed by atoms with E-state index in [9.17, 15) is 13.2 Å². The zero-order valence-electron chi connectivity index (χ0n) is 14.6. The van der Waals surface area contributed by atoms with Crippen molar-refractivity contribution in [2.24, 2.45) is 5.73 Å². The summed E-state index contributed by atoms with van der Waals surface area (Å²) >= 11 is 0. The third-order valence-electron chi connectivity index (χ3n) is 4.28. The van der Waals surface area contributed by atoms with E-state index in [1.54, 1.807) is 27.7 Å². The Hall–Kier alpha value is -1.60. The van der Waals surface area contributed by atoms with Gasteiger partial charge in [-0.1, -0.05) is 37.3 Å². The van der Waals surface area contributed by atoms with Crippen LogP contribution in [0.4, 0.5) is 4.79 Å². The summed E-state index contributed by atoms with van der Waals surface area (Å²) < 4.78 is 30.4. The van der Waals surface area contributed by atoms with Crippen LogP contribution >= 0.6 is 0 Å². The second kappa shape index (κ2) is 6.37. The predicted molar refractivity (Wildman–Crippen MR) is 93.6 cm³/mol. The number of nitrogens with two attached hydrogens (primary N) is 1. The molecule has 3 N–H and O–H groups in total. The molecule has 3 atom stereocenters. The van der Waals surface area contributed by atoms with Crippen LogP contribution in [0.25, 0.3) is 0 Å². The first kappa shape index (κ1) is 18.7. The molecule has 24 heavy (non-hydrogen) atoms. The molecule has 0 bridgehead atoms. The highest BCUT2D eigenvalue weighted by molar-refractivity contribution is 7.92. The quantitative estimate of drug-likeness (QED) is 0.840. The van der Waals surface area contributed by atoms with Gasteiger partial charge in [0.15, 0.2) is 9.84 Å². The van der Waals surface area contributed by atoms with Crippen LogP contribution in [0, 0.1) is 0 Å². The van der Waals surface area contributed by atoms with Crippen LogP contribution in [-0.2, 0) is 14.6 Å². The Morgan fingerprint density at radius 1 is 1.29 bits per heavy atom. The van der Waals surface area contributed by atoms with Crippen molar-refractivity contribution < 1.29 is 17.9 Å². The lowest BCUT2D eigenvalue weighted by atomic mass is 10.1. The van der Waals surface area contributed by atoms with Crippen molar-refractivity contribution in [3.63, 3.8) is 0 Å². The second-order valence-corrected chi connectivity index (χ2v) is 9.54. The third kappa shape index (κ3) is 3.57. The molecule has 1 fully saturated rings. The van der Waals surface area contributed by atoms with Gasteiger partial charge in [-0.25, -0.2) is 13.2 Å². The molecule has 0 heterocycles. The first-order chi connectivity index (χ1) is 11.1. The average molecular weight is 354 g/mol. The highest BCUT2D eigenvalue weighted by Crippen LogP contribution is 2.55. The molecule has 0 saturated heterocycles. The number of amides is 1. The molecule has 1 aliphatic rings. The Morgan fingerprint density at radius 2 is 1.88 bits per heavy atom. The molecule has 6 nitrogen and oxygen atoms in total. The van der Waals surface area contributed by atoms with Crippen molar-refractivity contribution >= 4 is 15.9 Å².